The number of aromatic nitrogens is 4. The number of rotatable bonds is 6. The molecule has 11 heteroatoms. The number of benzene rings is 2. The number of ether oxygens (including phenoxy) is 2. The Balaban J connectivity index is 1.23. The second kappa shape index (κ2) is 15.1. The minimum Gasteiger partial charge on any atom is -0.493 e. The molecule has 1 atom stereocenters. The van der Waals surface area contributed by atoms with E-state index in [2.05, 4.69) is 38.1 Å². The summed E-state index contributed by atoms with van der Waals surface area (Å²) in [7, 11) is 1.64. The molecule has 4 heterocycles. The van der Waals surface area contributed by atoms with E-state index < -0.39 is 0 Å². The van der Waals surface area contributed by atoms with Crippen molar-refractivity contribution in [3.63, 3.8) is 0 Å². The first-order chi connectivity index (χ1) is 22.6. The predicted molar refractivity (Wildman–Crippen MR) is 175 cm³/mol. The number of carbonyl (C=O) groups excluding carboxylic acids is 2. The highest BCUT2D eigenvalue weighted by atomic mass is 16.5. The number of carbonyl (C=O) groups is 2. The maximum absolute atomic E-state index is 13.4. The minimum absolute atomic E-state index is 0.0295. The predicted octanol–water partition coefficient (Wildman–Crippen LogP) is 4.31. The summed E-state index contributed by atoms with van der Waals surface area (Å²) in [5, 5.41) is 7.57. The van der Waals surface area contributed by atoms with E-state index >= 15 is 0 Å². The van der Waals surface area contributed by atoms with Gasteiger partial charge in [0.05, 0.1) is 25.1 Å². The van der Waals surface area contributed by atoms with Crippen LogP contribution >= 0.6 is 0 Å². The molecule has 11 nitrogen and oxygen atoms in total. The quantitative estimate of drug-likeness (QED) is 0.341. The van der Waals surface area contributed by atoms with E-state index in [-0.39, 0.29) is 17.9 Å². The van der Waals surface area contributed by atoms with Gasteiger partial charge in [0.2, 0.25) is 11.8 Å². The molecule has 46 heavy (non-hydrogen) atoms. The van der Waals surface area contributed by atoms with E-state index in [9.17, 15) is 9.59 Å². The smallest absolute Gasteiger partial charge is 0.224 e. The van der Waals surface area contributed by atoms with Crippen LogP contribution in [0.2, 0.25) is 0 Å². The first-order valence-electron chi connectivity index (χ1n) is 16.3. The third-order valence-electron chi connectivity index (χ3n) is 8.74. The van der Waals surface area contributed by atoms with Crippen molar-refractivity contribution >= 4 is 11.8 Å². The minimum atomic E-state index is -0.0799. The van der Waals surface area contributed by atoms with Gasteiger partial charge < -0.3 is 24.3 Å². The second-order valence-corrected chi connectivity index (χ2v) is 12.0. The van der Waals surface area contributed by atoms with Gasteiger partial charge in [-0.25, -0.2) is 9.67 Å². The fraction of sp³-hybridized carbons (Fsp3) is 0.429. The topological polar surface area (TPSA) is 107 Å². The molecular weight excluding hydrogens is 582 g/mol. The zero-order valence-electron chi connectivity index (χ0n) is 26.5. The van der Waals surface area contributed by atoms with E-state index in [0.29, 0.717) is 56.9 Å². The number of imidazole rings is 1. The first-order valence-corrected chi connectivity index (χ1v) is 16.3. The molecule has 2 aromatic carbocycles. The van der Waals surface area contributed by atoms with Crippen LogP contribution in [0.4, 0.5) is 0 Å². The SMILES string of the molecule is COc1ccc2cc1OCCCN(C(=O)C[C@H]1CCC(=O)N1)CCCCN(Cc1ccnn1-c1ccccc1)CCn1ccnc1-2. The molecule has 0 saturated carbocycles. The molecule has 4 aromatic rings. The Morgan fingerprint density at radius 3 is 2.67 bits per heavy atom. The molecule has 2 aromatic heterocycles. The van der Waals surface area contributed by atoms with E-state index in [1.54, 1.807) is 7.11 Å². The van der Waals surface area contributed by atoms with Crippen LogP contribution in [0.15, 0.2) is 73.2 Å². The fourth-order valence-corrected chi connectivity index (χ4v) is 6.29. The standard InChI is InChI=1S/C35H43N7O4/c1-45-31-12-10-27-24-32(31)46-23-7-19-40(34(44)25-28-11-13-33(43)38-28)18-6-5-17-39(21-22-41-20-16-36-35(27)41)26-30-14-15-37-42(30)29-8-3-2-4-9-29/h2-4,8-10,12,14-16,20,24,28H,5-7,11,13,17-19,21-23,25-26H2,1H3,(H,38,43)/t28-/m1/s1. The molecule has 0 spiro atoms. The van der Waals surface area contributed by atoms with E-state index in [4.69, 9.17) is 14.5 Å². The van der Waals surface area contributed by atoms with Crippen molar-refractivity contribution in [3.05, 3.63) is 78.9 Å². The number of nitrogens with one attached hydrogen (secondary N) is 1. The molecule has 0 aliphatic carbocycles. The van der Waals surface area contributed by atoms with E-state index in [0.717, 1.165) is 61.8 Å². The summed E-state index contributed by atoms with van der Waals surface area (Å²) in [5.41, 5.74) is 3.11. The van der Waals surface area contributed by atoms with Gasteiger partial charge in [-0.1, -0.05) is 18.2 Å². The Morgan fingerprint density at radius 1 is 1.00 bits per heavy atom. The maximum atomic E-state index is 13.4. The van der Waals surface area contributed by atoms with Crippen molar-refractivity contribution in [1.29, 1.82) is 0 Å². The zero-order chi connectivity index (χ0) is 31.7. The summed E-state index contributed by atoms with van der Waals surface area (Å²) in [6.07, 6.45) is 9.76. The monoisotopic (exact) mass is 625 g/mol. The van der Waals surface area contributed by atoms with Crippen LogP contribution < -0.4 is 14.8 Å². The van der Waals surface area contributed by atoms with Crippen molar-refractivity contribution in [3.8, 4) is 28.6 Å². The Bertz CT molecular complexity index is 1600. The van der Waals surface area contributed by atoms with Gasteiger partial charge in [-0.05, 0) is 68.6 Å². The van der Waals surface area contributed by atoms with Crippen molar-refractivity contribution in [2.75, 3.05) is 39.9 Å². The number of amides is 2. The lowest BCUT2D eigenvalue weighted by molar-refractivity contribution is -0.132. The maximum Gasteiger partial charge on any atom is 0.224 e. The second-order valence-electron chi connectivity index (χ2n) is 12.0. The lowest BCUT2D eigenvalue weighted by Gasteiger charge is -2.26. The van der Waals surface area contributed by atoms with Crippen LogP contribution in [0.1, 0.15) is 44.2 Å². The molecule has 2 aliphatic rings. The largest absolute Gasteiger partial charge is 0.493 e. The Morgan fingerprint density at radius 2 is 1.85 bits per heavy atom. The summed E-state index contributed by atoms with van der Waals surface area (Å²) in [5.74, 6) is 2.30. The zero-order valence-corrected chi connectivity index (χ0v) is 26.5. The molecule has 1 saturated heterocycles. The number of nitrogens with zero attached hydrogens (tertiary/aromatic N) is 6. The molecule has 1 fully saturated rings. The molecule has 2 bridgehead atoms. The number of fused-ring (bicyclic) bond motifs is 4. The summed E-state index contributed by atoms with van der Waals surface area (Å²) in [6.45, 7) is 4.89. The average Bonchev–Trinajstić information content (AvgIpc) is 3.84. The third kappa shape index (κ3) is 7.77. The van der Waals surface area contributed by atoms with Gasteiger partial charge in [0.25, 0.3) is 0 Å². The van der Waals surface area contributed by atoms with Crippen LogP contribution in [0.25, 0.3) is 17.1 Å². The van der Waals surface area contributed by atoms with Gasteiger partial charge in [0.1, 0.15) is 5.82 Å². The molecule has 0 radical (unpaired) electrons. The summed E-state index contributed by atoms with van der Waals surface area (Å²) >= 11 is 0. The van der Waals surface area contributed by atoms with Crippen LogP contribution in [-0.4, -0.2) is 86.9 Å². The van der Waals surface area contributed by atoms with Crippen molar-refractivity contribution in [1.82, 2.24) is 34.4 Å². The molecule has 6 rings (SSSR count). The highest BCUT2D eigenvalue weighted by Crippen LogP contribution is 2.32. The van der Waals surface area contributed by atoms with Crippen LogP contribution in [0.3, 0.4) is 0 Å². The lowest BCUT2D eigenvalue weighted by atomic mass is 10.1. The highest BCUT2D eigenvalue weighted by Gasteiger charge is 2.25. The van der Waals surface area contributed by atoms with Crippen LogP contribution in [0.5, 0.6) is 11.5 Å². The van der Waals surface area contributed by atoms with Gasteiger partial charge in [-0.2, -0.15) is 5.10 Å². The molecule has 242 valence electrons. The number of para-hydroxylation sites is 1. The highest BCUT2D eigenvalue weighted by molar-refractivity contribution is 5.82. The molecule has 2 aliphatic heterocycles. The first kappa shape index (κ1) is 31.3. The Kier molecular flexibility index (Phi) is 10.3. The Labute approximate surface area is 270 Å². The molecule has 2 amide bonds. The Hall–Kier alpha value is -4.64. The number of hydrogen-bond acceptors (Lipinski definition) is 7. The lowest BCUT2D eigenvalue weighted by Crippen LogP contribution is -2.38. The van der Waals surface area contributed by atoms with Crippen molar-refractivity contribution in [2.45, 2.75) is 57.7 Å². The number of hydrogen-bond donors (Lipinski definition) is 1. The van der Waals surface area contributed by atoms with Crippen molar-refractivity contribution < 1.29 is 19.1 Å². The van der Waals surface area contributed by atoms with Crippen molar-refractivity contribution in [2.24, 2.45) is 0 Å². The summed E-state index contributed by atoms with van der Waals surface area (Å²) in [6, 6.07) is 18.1. The van der Waals surface area contributed by atoms with Gasteiger partial charge in [-0.15, -0.1) is 0 Å². The number of methoxy groups -OCH3 is 1. The van der Waals surface area contributed by atoms with Gasteiger partial charge in [0.15, 0.2) is 11.5 Å². The molecule has 1 N–H and O–H groups in total. The fourth-order valence-electron chi connectivity index (χ4n) is 6.29. The van der Waals surface area contributed by atoms with E-state index in [1.807, 2.05) is 64.6 Å². The normalized spacial score (nSPS) is 18.3. The third-order valence-corrected chi connectivity index (χ3v) is 8.74. The molecule has 0 unspecified atom stereocenters. The van der Waals surface area contributed by atoms with Gasteiger partial charge in [-0.3, -0.25) is 14.5 Å². The van der Waals surface area contributed by atoms with Crippen LogP contribution in [0, 0.1) is 0 Å². The van der Waals surface area contributed by atoms with Gasteiger partial charge in [0, 0.05) is 75.8 Å². The summed E-state index contributed by atoms with van der Waals surface area (Å²) < 4.78 is 16.0. The average molecular weight is 626 g/mol. The summed E-state index contributed by atoms with van der Waals surface area (Å²) in [4.78, 5) is 34.3. The van der Waals surface area contributed by atoms with Crippen LogP contribution in [-0.2, 0) is 22.7 Å². The molecular formula is C35H43N7O4. The van der Waals surface area contributed by atoms with E-state index in [1.165, 1.54) is 0 Å². The van der Waals surface area contributed by atoms with Gasteiger partial charge >= 0.3 is 0 Å².